The molecule has 5 nitrogen and oxygen atoms in total. The van der Waals surface area contributed by atoms with Gasteiger partial charge in [0, 0.05) is 30.8 Å². The van der Waals surface area contributed by atoms with Crippen LogP contribution >= 0.6 is 0 Å². The quantitative estimate of drug-likeness (QED) is 0.781. The second kappa shape index (κ2) is 6.04. The van der Waals surface area contributed by atoms with E-state index in [0.717, 1.165) is 22.3 Å². The molecule has 1 N–H and O–H groups in total. The Labute approximate surface area is 135 Å². The molecule has 0 saturated carbocycles. The van der Waals surface area contributed by atoms with Crippen LogP contribution in [-0.2, 0) is 0 Å². The van der Waals surface area contributed by atoms with Crippen molar-refractivity contribution in [1.82, 2.24) is 9.97 Å². The molecule has 1 aromatic heterocycles. The van der Waals surface area contributed by atoms with Gasteiger partial charge in [-0.2, -0.15) is 0 Å². The molecule has 0 bridgehead atoms. The van der Waals surface area contributed by atoms with Gasteiger partial charge in [0.1, 0.15) is 0 Å². The number of fused-ring (bicyclic) bond motifs is 1. The fourth-order valence-corrected chi connectivity index (χ4v) is 2.30. The third-order valence-electron chi connectivity index (χ3n) is 3.90. The Bertz CT molecular complexity index is 876. The summed E-state index contributed by atoms with van der Waals surface area (Å²) in [5, 5.41) is 2.89. The van der Waals surface area contributed by atoms with E-state index in [4.69, 9.17) is 0 Å². The number of benzene rings is 2. The second-order valence-corrected chi connectivity index (χ2v) is 5.52. The highest BCUT2D eigenvalue weighted by Crippen LogP contribution is 2.20. The number of carbonyl (C=O) groups excluding carboxylic acids is 1. The molecule has 0 aliphatic heterocycles. The van der Waals surface area contributed by atoms with E-state index in [1.165, 1.54) is 5.56 Å². The second-order valence-electron chi connectivity index (χ2n) is 5.52. The summed E-state index contributed by atoms with van der Waals surface area (Å²) < 4.78 is 0. The van der Waals surface area contributed by atoms with Crippen molar-refractivity contribution in [2.45, 2.75) is 13.8 Å². The maximum absolute atomic E-state index is 12.4. The maximum Gasteiger partial charge on any atom is 0.326 e. The molecule has 116 valence electrons. The van der Waals surface area contributed by atoms with Crippen LogP contribution in [0, 0.1) is 13.8 Å². The van der Waals surface area contributed by atoms with Gasteiger partial charge >= 0.3 is 6.03 Å². The SMILES string of the molecule is Cc1ccc(N(C)C(=O)Nc2ccc3nccnc3c2)cc1C. The van der Waals surface area contributed by atoms with Crippen LogP contribution in [0.5, 0.6) is 0 Å². The molecule has 0 aliphatic carbocycles. The minimum atomic E-state index is -0.198. The van der Waals surface area contributed by atoms with Crippen LogP contribution in [0.2, 0.25) is 0 Å². The van der Waals surface area contributed by atoms with E-state index >= 15 is 0 Å². The minimum absolute atomic E-state index is 0.198. The van der Waals surface area contributed by atoms with E-state index < -0.39 is 0 Å². The predicted octanol–water partition coefficient (Wildman–Crippen LogP) is 3.91. The first-order valence-electron chi connectivity index (χ1n) is 7.37. The molecule has 0 saturated heterocycles. The van der Waals surface area contributed by atoms with Crippen molar-refractivity contribution in [3.8, 4) is 0 Å². The Balaban J connectivity index is 1.80. The van der Waals surface area contributed by atoms with Gasteiger partial charge in [0.15, 0.2) is 0 Å². The molecule has 3 aromatic rings. The Morgan fingerprint density at radius 1 is 0.957 bits per heavy atom. The number of aromatic nitrogens is 2. The van der Waals surface area contributed by atoms with E-state index in [1.54, 1.807) is 24.3 Å². The molecule has 0 unspecified atom stereocenters. The van der Waals surface area contributed by atoms with Crippen molar-refractivity contribution in [2.24, 2.45) is 0 Å². The van der Waals surface area contributed by atoms with Crippen molar-refractivity contribution < 1.29 is 4.79 Å². The van der Waals surface area contributed by atoms with Gasteiger partial charge in [-0.15, -0.1) is 0 Å². The number of aryl methyl sites for hydroxylation is 2. The maximum atomic E-state index is 12.4. The average molecular weight is 306 g/mol. The summed E-state index contributed by atoms with van der Waals surface area (Å²) in [7, 11) is 1.75. The van der Waals surface area contributed by atoms with Crippen molar-refractivity contribution in [3.05, 3.63) is 59.9 Å². The molecule has 0 fully saturated rings. The van der Waals surface area contributed by atoms with Gasteiger partial charge in [-0.3, -0.25) is 14.9 Å². The molecule has 0 spiro atoms. The summed E-state index contributed by atoms with van der Waals surface area (Å²) in [6.45, 7) is 4.09. The molecule has 2 aromatic carbocycles. The summed E-state index contributed by atoms with van der Waals surface area (Å²) in [6.07, 6.45) is 3.28. The number of amides is 2. The molecule has 3 rings (SSSR count). The molecule has 5 heteroatoms. The first kappa shape index (κ1) is 15.0. The van der Waals surface area contributed by atoms with Gasteiger partial charge in [0.05, 0.1) is 11.0 Å². The predicted molar refractivity (Wildman–Crippen MR) is 92.9 cm³/mol. The van der Waals surface area contributed by atoms with E-state index in [-0.39, 0.29) is 6.03 Å². The molecule has 23 heavy (non-hydrogen) atoms. The van der Waals surface area contributed by atoms with Crippen LogP contribution < -0.4 is 10.2 Å². The first-order valence-corrected chi connectivity index (χ1v) is 7.37. The summed E-state index contributed by atoms with van der Waals surface area (Å²) in [5.41, 5.74) is 5.45. The summed E-state index contributed by atoms with van der Waals surface area (Å²) >= 11 is 0. The standard InChI is InChI=1S/C18H18N4O/c1-12-4-6-15(10-13(12)2)22(3)18(23)21-14-5-7-16-17(11-14)20-9-8-19-16/h4-11H,1-3H3,(H,21,23). The largest absolute Gasteiger partial charge is 0.326 e. The van der Waals surface area contributed by atoms with Crippen LogP contribution in [-0.4, -0.2) is 23.0 Å². The van der Waals surface area contributed by atoms with Crippen LogP contribution in [0.25, 0.3) is 11.0 Å². The fraction of sp³-hybridized carbons (Fsp3) is 0.167. The molecule has 1 heterocycles. The van der Waals surface area contributed by atoms with Gasteiger partial charge in [0.25, 0.3) is 0 Å². The number of rotatable bonds is 2. The van der Waals surface area contributed by atoms with Crippen molar-refractivity contribution in [1.29, 1.82) is 0 Å². The summed E-state index contributed by atoms with van der Waals surface area (Å²) in [4.78, 5) is 22.5. The van der Waals surface area contributed by atoms with Crippen LogP contribution in [0.1, 0.15) is 11.1 Å². The monoisotopic (exact) mass is 306 g/mol. The number of nitrogens with one attached hydrogen (secondary N) is 1. The first-order chi connectivity index (χ1) is 11.0. The third kappa shape index (κ3) is 3.13. The van der Waals surface area contributed by atoms with Gasteiger partial charge in [-0.05, 0) is 55.3 Å². The highest BCUT2D eigenvalue weighted by atomic mass is 16.2. The number of carbonyl (C=O) groups is 1. The van der Waals surface area contributed by atoms with Crippen molar-refractivity contribution >= 4 is 28.4 Å². The average Bonchev–Trinajstić information content (AvgIpc) is 2.56. The highest BCUT2D eigenvalue weighted by Gasteiger charge is 2.12. The zero-order valence-corrected chi connectivity index (χ0v) is 13.4. The Kier molecular flexibility index (Phi) is 3.93. The van der Waals surface area contributed by atoms with Crippen molar-refractivity contribution in [3.63, 3.8) is 0 Å². The minimum Gasteiger partial charge on any atom is -0.307 e. The van der Waals surface area contributed by atoms with E-state index in [1.807, 2.05) is 43.3 Å². The summed E-state index contributed by atoms with van der Waals surface area (Å²) in [5.74, 6) is 0. The third-order valence-corrected chi connectivity index (χ3v) is 3.90. The Morgan fingerprint density at radius 2 is 1.70 bits per heavy atom. The zero-order valence-electron chi connectivity index (χ0n) is 13.4. The molecular weight excluding hydrogens is 288 g/mol. The zero-order chi connectivity index (χ0) is 16.4. The lowest BCUT2D eigenvalue weighted by Gasteiger charge is -2.19. The van der Waals surface area contributed by atoms with Gasteiger partial charge in [0.2, 0.25) is 0 Å². The fourth-order valence-electron chi connectivity index (χ4n) is 2.30. The number of urea groups is 1. The van der Waals surface area contributed by atoms with Crippen molar-refractivity contribution in [2.75, 3.05) is 17.3 Å². The Morgan fingerprint density at radius 3 is 2.43 bits per heavy atom. The lowest BCUT2D eigenvalue weighted by atomic mass is 10.1. The van der Waals surface area contributed by atoms with Gasteiger partial charge in [-0.1, -0.05) is 6.07 Å². The molecule has 0 radical (unpaired) electrons. The smallest absolute Gasteiger partial charge is 0.307 e. The van der Waals surface area contributed by atoms with Gasteiger partial charge < -0.3 is 5.32 Å². The molecule has 2 amide bonds. The molecule has 0 atom stereocenters. The normalized spacial score (nSPS) is 10.6. The number of anilines is 2. The van der Waals surface area contributed by atoms with E-state index in [9.17, 15) is 4.79 Å². The number of nitrogens with zero attached hydrogens (tertiary/aromatic N) is 3. The Hall–Kier alpha value is -2.95. The number of hydrogen-bond acceptors (Lipinski definition) is 3. The van der Waals surface area contributed by atoms with Crippen LogP contribution in [0.3, 0.4) is 0 Å². The topological polar surface area (TPSA) is 58.1 Å². The molecule has 0 aliphatic rings. The number of hydrogen-bond donors (Lipinski definition) is 1. The van der Waals surface area contributed by atoms with Gasteiger partial charge in [-0.25, -0.2) is 4.79 Å². The lowest BCUT2D eigenvalue weighted by molar-refractivity contribution is 0.258. The van der Waals surface area contributed by atoms with Crippen LogP contribution in [0.15, 0.2) is 48.8 Å². The van der Waals surface area contributed by atoms with E-state index in [0.29, 0.717) is 5.69 Å². The summed E-state index contributed by atoms with van der Waals surface area (Å²) in [6, 6.07) is 11.2. The van der Waals surface area contributed by atoms with E-state index in [2.05, 4.69) is 22.2 Å². The van der Waals surface area contributed by atoms with Crippen LogP contribution in [0.4, 0.5) is 16.2 Å². The highest BCUT2D eigenvalue weighted by molar-refractivity contribution is 6.02. The lowest BCUT2D eigenvalue weighted by Crippen LogP contribution is -2.31. The molecular formula is C18H18N4O.